The summed E-state index contributed by atoms with van der Waals surface area (Å²) in [5, 5.41) is 31.0. The van der Waals surface area contributed by atoms with E-state index in [1.807, 2.05) is 111 Å². The number of allylic oxidation sites excluding steroid dienone is 1. The first-order chi connectivity index (χ1) is 63.6. The monoisotopic (exact) mass is 2180 g/mol. The van der Waals surface area contributed by atoms with Crippen molar-refractivity contribution in [3.8, 4) is 22.3 Å². The van der Waals surface area contributed by atoms with Crippen molar-refractivity contribution in [2.24, 2.45) is 27.4 Å². The van der Waals surface area contributed by atoms with Crippen molar-refractivity contribution in [3.63, 3.8) is 0 Å². The van der Waals surface area contributed by atoms with E-state index < -0.39 is 40.1 Å². The summed E-state index contributed by atoms with van der Waals surface area (Å²) < 4.78 is 73.0. The Morgan fingerprint density at radius 2 is 0.815 bits per heavy atom. The van der Waals surface area contributed by atoms with Gasteiger partial charge in [-0.05, 0) is 217 Å². The SMILES string of the molecule is C.CO.C[C@@H]1OCC2(CCN(c3ncc(-c4cccc(Cl)c4Cl)c4nc[nH]c34)CC2)[C@@H]1N.C[C@@H]1OCC2(CCN(c3ncc(-c4cccc(Cl)c4Cl)c4nc[nH]c34)CC2)[C@@H]1NS(=O)C(C)(C)C.C[C@@H]1OCC2(CCN(c3ncc(Br)c4nc[nH]c34)CC2)[C@@H]1NS(=O)C(C)(C)C.C[C@@H]1OCC2(CCNCC2)[C@@H]1NS(=O)C(C)(C)C.Clc1ncc(Br)c2c1C=CC2.OB(O)c1cccc(Cl)c1Cl. The zero-order valence-electron chi connectivity index (χ0n) is 77.8. The number of anilines is 3. The second kappa shape index (κ2) is 46.0. The Morgan fingerprint density at radius 3 is 1.19 bits per heavy atom. The topological polar surface area (TPSA) is 370 Å². The van der Waals surface area contributed by atoms with Gasteiger partial charge >= 0.3 is 7.12 Å². The summed E-state index contributed by atoms with van der Waals surface area (Å²) in [6.45, 7) is 36.6. The highest BCUT2D eigenvalue weighted by molar-refractivity contribution is 9.11. The predicted octanol–water partition coefficient (Wildman–Crippen LogP) is 17.9. The third kappa shape index (κ3) is 24.2. The van der Waals surface area contributed by atoms with Crippen molar-refractivity contribution >= 4 is 215 Å². The number of ether oxygens (including phenoxy) is 4. The number of halogens is 9. The number of hydrogen-bond donors (Lipinski definition) is 11. The minimum absolute atomic E-state index is 0. The number of H-pyrrole nitrogens is 3. The maximum absolute atomic E-state index is 12.9. The Hall–Kier alpha value is -5.17. The number of fused-ring (bicyclic) bond motifs is 4. The molecule has 135 heavy (non-hydrogen) atoms. The van der Waals surface area contributed by atoms with Crippen LogP contribution in [0.2, 0.25) is 35.3 Å². The number of piperidine rings is 4. The molecule has 3 unspecified atom stereocenters. The molecule has 12 N–H and O–H groups in total. The molecule has 8 fully saturated rings. The van der Waals surface area contributed by atoms with Gasteiger partial charge in [0, 0.05) is 137 Å². The van der Waals surface area contributed by atoms with E-state index in [9.17, 15) is 12.6 Å². The van der Waals surface area contributed by atoms with Crippen molar-refractivity contribution < 1.29 is 46.7 Å². The molecule has 4 spiro atoms. The van der Waals surface area contributed by atoms with Gasteiger partial charge in [0.25, 0.3) is 0 Å². The summed E-state index contributed by atoms with van der Waals surface area (Å²) in [6, 6.07) is 16.3. The molecule has 28 nitrogen and oxygen atoms in total. The number of rotatable bonds is 12. The normalized spacial score (nSPS) is 23.1. The van der Waals surface area contributed by atoms with Gasteiger partial charge in [-0.3, -0.25) is 0 Å². The van der Waals surface area contributed by atoms with E-state index in [1.165, 1.54) is 11.6 Å². The molecule has 11 atom stereocenters. The molecule has 15 heterocycles. The molecule has 0 bridgehead atoms. The van der Waals surface area contributed by atoms with Gasteiger partial charge in [-0.2, -0.15) is 0 Å². The Labute approximate surface area is 852 Å². The molecule has 8 aliphatic heterocycles. The number of pyridine rings is 4. The third-order valence-corrected chi connectivity index (χ3v) is 35.8. The van der Waals surface area contributed by atoms with Gasteiger partial charge in [0.2, 0.25) is 0 Å². The number of aliphatic hydroxyl groups is 1. The standard InChI is InChI=1S/C25H31Cl2N5O2S.C21H23Cl2N5O.C19H28BrN5O2S.C13H26N2O2S.C8H5BrClN.C6H5BCl2O2.CH4O.CH4/c1-15-22(31-35(33)24(2,3)4)25(13-34-15)8-10-32(11-9-25)23-21-20(29-14-30-21)17(12-28-23)16-6-5-7-18(26)19(16)27;1-12-19(24)21(10-29-12)5-7-28(8-6-21)20-18-17(26-11-27-18)14(9-25-20)13-3-2-4-15(22)16(13)23;1-12-16(24-28(26)18(2,3)4)19(10-27-12)5-7-25(8-6-19)17-15-14(22-11-23-15)13(20)9-21-17;1-10-11(15-18(16)12(2,3)4)13(9-17-10)5-7-14-8-6-13;9-7-4-11-8(10)6-3-1-2-5(6)7;8-5-3-1-2-4(6(5)9)7(10)11;1-2;/h5-7,12,14-15,22,31H,8-11,13H2,1-4H3,(H,29,30);2-4,9,11-12,19H,5-8,10,24H2,1H3,(H,26,27);9,11-12,16,24H,5-8,10H2,1-4H3,(H,22,23);10-11,14-15H,5-9H2,1-4H3;1,3-4H,2H2;1-3,10-11H;2H,1H3;1H4/t15-,22+,35?;12-,19+;12-,16+,28?;10-,11+,18?;;;;/m0000..../s1. The van der Waals surface area contributed by atoms with Gasteiger partial charge in [0.15, 0.2) is 17.5 Å². The van der Waals surface area contributed by atoms with E-state index in [0.29, 0.717) is 43.5 Å². The number of aromatic nitrogens is 10. The summed E-state index contributed by atoms with van der Waals surface area (Å²) in [7, 11) is -3.85. The van der Waals surface area contributed by atoms with Crippen LogP contribution in [0.1, 0.15) is 160 Å². The molecule has 1 aliphatic carbocycles. The first-order valence-electron chi connectivity index (χ1n) is 45.0. The van der Waals surface area contributed by atoms with Crippen LogP contribution in [0.5, 0.6) is 0 Å². The Balaban J connectivity index is 0.000000151. The molecule has 0 saturated carbocycles. The van der Waals surface area contributed by atoms with Gasteiger partial charge in [0.05, 0.1) is 170 Å². The van der Waals surface area contributed by atoms with Crippen molar-refractivity contribution in [2.75, 3.05) is 101 Å². The molecule has 0 amide bonds. The second-order valence-corrected chi connectivity index (χ2v) is 49.0. The van der Waals surface area contributed by atoms with Crippen LogP contribution in [-0.2, 0) is 58.3 Å². The fraction of sp³-hybridized carbons (Fsp3) is 0.543. The van der Waals surface area contributed by atoms with Crippen LogP contribution in [-0.4, -0.2) is 233 Å². The first kappa shape index (κ1) is 109. The molecule has 41 heteroatoms. The van der Waals surface area contributed by atoms with Crippen LogP contribution in [0.25, 0.3) is 61.4 Å². The lowest BCUT2D eigenvalue weighted by Crippen LogP contribution is -2.55. The van der Waals surface area contributed by atoms with E-state index in [4.69, 9.17) is 131 Å². The number of nitrogens with zero attached hydrogens (tertiary/aromatic N) is 10. The molecule has 19 rings (SSSR count). The molecule has 736 valence electrons. The lowest BCUT2D eigenvalue weighted by atomic mass is 9.73. The highest BCUT2D eigenvalue weighted by atomic mass is 79.9. The summed E-state index contributed by atoms with van der Waals surface area (Å²) >= 11 is 49.4. The number of aromatic amines is 3. The van der Waals surface area contributed by atoms with Crippen LogP contribution in [0.15, 0.2) is 113 Å². The minimum Gasteiger partial charge on any atom is -0.423 e. The average molecular weight is 2180 g/mol. The number of imidazole rings is 3. The van der Waals surface area contributed by atoms with Crippen LogP contribution in [0.4, 0.5) is 17.5 Å². The van der Waals surface area contributed by atoms with Gasteiger partial charge in [-0.1, -0.05) is 137 Å². The highest BCUT2D eigenvalue weighted by Gasteiger charge is 2.54. The molecule has 9 aliphatic rings. The van der Waals surface area contributed by atoms with E-state index in [0.717, 1.165) is 218 Å². The summed E-state index contributed by atoms with van der Waals surface area (Å²) in [4.78, 5) is 48.5. The van der Waals surface area contributed by atoms with Gasteiger partial charge in [0.1, 0.15) is 38.3 Å². The van der Waals surface area contributed by atoms with E-state index in [-0.39, 0.29) is 102 Å². The third-order valence-electron chi connectivity index (χ3n) is 27.0. The number of nitrogens with two attached hydrogens (primary N) is 1. The lowest BCUT2D eigenvalue weighted by Gasteiger charge is -2.43. The van der Waals surface area contributed by atoms with Crippen molar-refractivity contribution in [1.82, 2.24) is 69.3 Å². The van der Waals surface area contributed by atoms with Crippen LogP contribution in [0.3, 0.4) is 0 Å². The molecule has 7 aromatic heterocycles. The van der Waals surface area contributed by atoms with E-state index in [1.54, 1.807) is 49.4 Å². The van der Waals surface area contributed by atoms with Crippen LogP contribution < -0.4 is 45.4 Å². The fourth-order valence-corrected chi connectivity index (χ4v) is 24.3. The van der Waals surface area contributed by atoms with Crippen LogP contribution in [0, 0.1) is 21.7 Å². The fourth-order valence-electron chi connectivity index (χ4n) is 18.9. The number of aliphatic hydroxyl groups excluding tert-OH is 1. The van der Waals surface area contributed by atoms with Gasteiger partial charge < -0.3 is 74.8 Å². The highest BCUT2D eigenvalue weighted by Crippen LogP contribution is 2.50. The average Bonchev–Trinajstić information content (AvgIpc) is 1.63. The van der Waals surface area contributed by atoms with Crippen molar-refractivity contribution in [3.05, 3.63) is 160 Å². The molecule has 3 aromatic carbocycles. The van der Waals surface area contributed by atoms with Gasteiger partial charge in [-0.25, -0.2) is 61.7 Å². The maximum Gasteiger partial charge on any atom is 0.490 e. The smallest absolute Gasteiger partial charge is 0.423 e. The van der Waals surface area contributed by atoms with Crippen LogP contribution >= 0.6 is 113 Å². The number of benzene rings is 3. The molecule has 10 aromatic rings. The zero-order chi connectivity index (χ0) is 96.9. The predicted molar refractivity (Wildman–Crippen MR) is 561 cm³/mol. The molecular formula is C94H126BBr2Cl7N18O10S3. The summed E-state index contributed by atoms with van der Waals surface area (Å²) in [5.41, 5.74) is 17.9. The lowest BCUT2D eigenvalue weighted by molar-refractivity contribution is 0.0951. The van der Waals surface area contributed by atoms with E-state index >= 15 is 0 Å². The first-order valence-corrected chi connectivity index (χ1v) is 52.7. The number of hydrogen-bond acceptors (Lipinski definition) is 22. The van der Waals surface area contributed by atoms with Crippen molar-refractivity contribution in [2.45, 2.75) is 218 Å². The maximum atomic E-state index is 12.9. The summed E-state index contributed by atoms with van der Waals surface area (Å²) in [5.74, 6) is 2.74. The molecule has 0 radical (unpaired) electrons. The Bertz CT molecular complexity index is 5840. The molecule has 8 saturated heterocycles. The quantitative estimate of drug-likeness (QED) is 0.0400. The zero-order valence-corrected chi connectivity index (χ0v) is 88.7. The van der Waals surface area contributed by atoms with Gasteiger partial charge in [-0.15, -0.1) is 0 Å². The minimum atomic E-state index is -1.57. The number of nitrogens with one attached hydrogen (secondary N) is 7. The summed E-state index contributed by atoms with van der Waals surface area (Å²) in [6.07, 6.45) is 25.8. The van der Waals surface area contributed by atoms with E-state index in [2.05, 4.69) is 140 Å². The Morgan fingerprint density at radius 1 is 0.467 bits per heavy atom. The largest absolute Gasteiger partial charge is 0.490 e. The Kier molecular flexibility index (Phi) is 37.1. The second-order valence-electron chi connectivity index (χ2n) is 38.6. The van der Waals surface area contributed by atoms with Crippen molar-refractivity contribution in [1.29, 1.82) is 0 Å². The molecular weight excluding hydrogens is 2060 g/mol.